The van der Waals surface area contributed by atoms with Crippen LogP contribution in [0.15, 0.2) is 41.0 Å². The fourth-order valence-electron chi connectivity index (χ4n) is 3.39. The van der Waals surface area contributed by atoms with Gasteiger partial charge in [-0.05, 0) is 44.0 Å². The van der Waals surface area contributed by atoms with Crippen LogP contribution < -0.4 is 5.32 Å². The summed E-state index contributed by atoms with van der Waals surface area (Å²) >= 11 is 0. The van der Waals surface area contributed by atoms with Crippen LogP contribution in [-0.2, 0) is 6.42 Å². The number of amides is 1. The van der Waals surface area contributed by atoms with Gasteiger partial charge in [0, 0.05) is 29.1 Å². The first kappa shape index (κ1) is 14.9. The Morgan fingerprint density at radius 3 is 3.08 bits per heavy atom. The van der Waals surface area contributed by atoms with Crippen LogP contribution in [0.25, 0.3) is 10.9 Å². The molecule has 0 radical (unpaired) electrons. The van der Waals surface area contributed by atoms with Gasteiger partial charge in [-0.3, -0.25) is 9.78 Å². The SMILES string of the molecule is Cc1cc(C(=O)NC2CCCc3occc32)c2ccc(F)cc2n1. The van der Waals surface area contributed by atoms with Crippen LogP contribution in [0.2, 0.25) is 0 Å². The van der Waals surface area contributed by atoms with Crippen LogP contribution in [0.1, 0.15) is 46.3 Å². The molecule has 1 aromatic carbocycles. The molecule has 0 saturated heterocycles. The van der Waals surface area contributed by atoms with Crippen LogP contribution in [0.3, 0.4) is 0 Å². The average molecular weight is 324 g/mol. The molecular weight excluding hydrogens is 307 g/mol. The van der Waals surface area contributed by atoms with Crippen molar-refractivity contribution in [2.75, 3.05) is 0 Å². The fourth-order valence-corrected chi connectivity index (χ4v) is 3.39. The normalized spacial score (nSPS) is 16.8. The zero-order valence-electron chi connectivity index (χ0n) is 13.3. The quantitative estimate of drug-likeness (QED) is 0.772. The fraction of sp³-hybridized carbons (Fsp3) is 0.263. The lowest BCUT2D eigenvalue weighted by Gasteiger charge is -2.23. The van der Waals surface area contributed by atoms with E-state index in [-0.39, 0.29) is 17.8 Å². The van der Waals surface area contributed by atoms with Crippen molar-refractivity contribution in [3.63, 3.8) is 0 Å². The summed E-state index contributed by atoms with van der Waals surface area (Å²) in [6, 6.07) is 7.93. The van der Waals surface area contributed by atoms with Crippen molar-refractivity contribution in [2.24, 2.45) is 0 Å². The van der Waals surface area contributed by atoms with Crippen LogP contribution >= 0.6 is 0 Å². The molecule has 0 spiro atoms. The molecule has 4 rings (SSSR count). The minimum absolute atomic E-state index is 0.0519. The van der Waals surface area contributed by atoms with Crippen molar-refractivity contribution < 1.29 is 13.6 Å². The van der Waals surface area contributed by atoms with E-state index in [1.165, 1.54) is 12.1 Å². The predicted octanol–water partition coefficient (Wildman–Crippen LogP) is 4.08. The highest BCUT2D eigenvalue weighted by Crippen LogP contribution is 2.31. The highest BCUT2D eigenvalue weighted by Gasteiger charge is 2.25. The Morgan fingerprint density at radius 1 is 1.33 bits per heavy atom. The van der Waals surface area contributed by atoms with Crippen molar-refractivity contribution in [1.29, 1.82) is 0 Å². The average Bonchev–Trinajstić information content (AvgIpc) is 3.03. The van der Waals surface area contributed by atoms with Crippen LogP contribution in [-0.4, -0.2) is 10.9 Å². The summed E-state index contributed by atoms with van der Waals surface area (Å²) in [4.78, 5) is 17.2. The standard InChI is InChI=1S/C19H17FN2O2/c1-11-9-15(13-6-5-12(20)10-17(13)21-11)19(23)22-16-3-2-4-18-14(16)7-8-24-18/h5-10,16H,2-4H2,1H3,(H,22,23). The third-order valence-corrected chi connectivity index (χ3v) is 4.50. The minimum Gasteiger partial charge on any atom is -0.469 e. The van der Waals surface area contributed by atoms with Crippen molar-refractivity contribution in [2.45, 2.75) is 32.2 Å². The van der Waals surface area contributed by atoms with Gasteiger partial charge >= 0.3 is 0 Å². The largest absolute Gasteiger partial charge is 0.469 e. The predicted molar refractivity (Wildman–Crippen MR) is 88.3 cm³/mol. The van der Waals surface area contributed by atoms with Gasteiger partial charge in [-0.15, -0.1) is 0 Å². The lowest BCUT2D eigenvalue weighted by atomic mass is 9.93. The summed E-state index contributed by atoms with van der Waals surface area (Å²) < 4.78 is 18.9. The molecule has 0 saturated carbocycles. The molecule has 5 heteroatoms. The lowest BCUT2D eigenvalue weighted by Crippen LogP contribution is -2.30. The zero-order valence-corrected chi connectivity index (χ0v) is 13.3. The van der Waals surface area contributed by atoms with E-state index in [9.17, 15) is 9.18 Å². The highest BCUT2D eigenvalue weighted by molar-refractivity contribution is 6.06. The Balaban J connectivity index is 1.70. The number of carbonyl (C=O) groups excluding carboxylic acids is 1. The van der Waals surface area contributed by atoms with Gasteiger partial charge in [0.2, 0.25) is 0 Å². The second kappa shape index (κ2) is 5.74. The Labute approximate surface area is 138 Å². The molecule has 1 unspecified atom stereocenters. The number of benzene rings is 1. The van der Waals surface area contributed by atoms with E-state index >= 15 is 0 Å². The van der Waals surface area contributed by atoms with Gasteiger partial charge in [0.25, 0.3) is 5.91 Å². The number of aromatic nitrogens is 1. The molecule has 2 aromatic heterocycles. The Kier molecular flexibility index (Phi) is 3.56. The summed E-state index contributed by atoms with van der Waals surface area (Å²) in [7, 11) is 0. The monoisotopic (exact) mass is 324 g/mol. The molecule has 24 heavy (non-hydrogen) atoms. The third kappa shape index (κ3) is 2.56. The highest BCUT2D eigenvalue weighted by atomic mass is 19.1. The molecule has 3 aromatic rings. The number of hydrogen-bond acceptors (Lipinski definition) is 3. The van der Waals surface area contributed by atoms with Gasteiger partial charge in [0.05, 0.1) is 23.4 Å². The molecule has 1 aliphatic carbocycles. The number of nitrogens with one attached hydrogen (secondary N) is 1. The Hall–Kier alpha value is -2.69. The first-order valence-corrected chi connectivity index (χ1v) is 8.06. The third-order valence-electron chi connectivity index (χ3n) is 4.50. The van der Waals surface area contributed by atoms with Crippen molar-refractivity contribution in [3.8, 4) is 0 Å². The zero-order chi connectivity index (χ0) is 16.7. The number of aryl methyl sites for hydroxylation is 2. The number of carbonyl (C=O) groups is 1. The van der Waals surface area contributed by atoms with E-state index in [0.717, 1.165) is 30.6 Å². The number of nitrogens with zero attached hydrogens (tertiary/aromatic N) is 1. The van der Waals surface area contributed by atoms with Gasteiger partial charge in [-0.1, -0.05) is 0 Å². The van der Waals surface area contributed by atoms with E-state index in [1.807, 2.05) is 6.07 Å². The number of rotatable bonds is 2. The van der Waals surface area contributed by atoms with Crippen LogP contribution in [0.5, 0.6) is 0 Å². The number of hydrogen-bond donors (Lipinski definition) is 1. The van der Waals surface area contributed by atoms with E-state index in [2.05, 4.69) is 10.3 Å². The summed E-state index contributed by atoms with van der Waals surface area (Å²) in [5, 5.41) is 3.75. The van der Waals surface area contributed by atoms with Gasteiger partial charge < -0.3 is 9.73 Å². The molecule has 1 atom stereocenters. The van der Waals surface area contributed by atoms with Gasteiger partial charge in [0.1, 0.15) is 11.6 Å². The molecule has 1 aliphatic rings. The Morgan fingerprint density at radius 2 is 2.21 bits per heavy atom. The van der Waals surface area contributed by atoms with E-state index < -0.39 is 0 Å². The van der Waals surface area contributed by atoms with Gasteiger partial charge in [-0.25, -0.2) is 4.39 Å². The molecular formula is C19H17FN2O2. The number of furan rings is 1. The smallest absolute Gasteiger partial charge is 0.252 e. The second-order valence-corrected chi connectivity index (χ2v) is 6.19. The maximum Gasteiger partial charge on any atom is 0.252 e. The van der Waals surface area contributed by atoms with Crippen molar-refractivity contribution >= 4 is 16.8 Å². The van der Waals surface area contributed by atoms with E-state index in [1.54, 1.807) is 25.3 Å². The summed E-state index contributed by atoms with van der Waals surface area (Å²) in [6.07, 6.45) is 4.44. The summed E-state index contributed by atoms with van der Waals surface area (Å²) in [5.41, 5.74) is 2.75. The molecule has 0 aliphatic heterocycles. The molecule has 0 fully saturated rings. The molecule has 4 nitrogen and oxygen atoms in total. The van der Waals surface area contributed by atoms with Crippen LogP contribution in [0, 0.1) is 12.7 Å². The molecule has 2 heterocycles. The maximum atomic E-state index is 13.5. The van der Waals surface area contributed by atoms with E-state index in [0.29, 0.717) is 22.2 Å². The lowest BCUT2D eigenvalue weighted by molar-refractivity contribution is 0.0933. The van der Waals surface area contributed by atoms with Crippen molar-refractivity contribution in [3.05, 3.63) is 65.0 Å². The topological polar surface area (TPSA) is 55.1 Å². The van der Waals surface area contributed by atoms with Gasteiger partial charge in [0.15, 0.2) is 0 Å². The van der Waals surface area contributed by atoms with Gasteiger partial charge in [-0.2, -0.15) is 0 Å². The van der Waals surface area contributed by atoms with Crippen molar-refractivity contribution in [1.82, 2.24) is 10.3 Å². The van der Waals surface area contributed by atoms with E-state index in [4.69, 9.17) is 4.42 Å². The first-order chi connectivity index (χ1) is 11.6. The first-order valence-electron chi connectivity index (χ1n) is 8.06. The summed E-state index contributed by atoms with van der Waals surface area (Å²) in [6.45, 7) is 1.80. The second-order valence-electron chi connectivity index (χ2n) is 6.19. The molecule has 1 N–H and O–H groups in total. The Bertz CT molecular complexity index is 927. The number of fused-ring (bicyclic) bond motifs is 2. The maximum absolute atomic E-state index is 13.5. The summed E-state index contributed by atoms with van der Waals surface area (Å²) in [5.74, 6) is 0.419. The number of halogens is 1. The minimum atomic E-state index is -0.359. The molecule has 122 valence electrons. The van der Waals surface area contributed by atoms with Crippen LogP contribution in [0.4, 0.5) is 4.39 Å². The molecule has 0 bridgehead atoms. The number of pyridine rings is 1. The molecule has 1 amide bonds.